The Kier molecular flexibility index (Phi) is 7.25. The minimum atomic E-state index is -4.41. The summed E-state index contributed by atoms with van der Waals surface area (Å²) in [5.41, 5.74) is 0.977. The predicted octanol–water partition coefficient (Wildman–Crippen LogP) is 4.07. The van der Waals surface area contributed by atoms with Crippen LogP contribution in [0.1, 0.15) is 33.0 Å². The van der Waals surface area contributed by atoms with Crippen molar-refractivity contribution in [2.75, 3.05) is 13.2 Å². The van der Waals surface area contributed by atoms with E-state index in [0.717, 1.165) is 17.7 Å². The molecule has 0 aliphatic carbocycles. The van der Waals surface area contributed by atoms with Gasteiger partial charge in [0.15, 0.2) is 12.4 Å². The lowest BCUT2D eigenvalue weighted by Crippen LogP contribution is -2.31. The van der Waals surface area contributed by atoms with Gasteiger partial charge in [0, 0.05) is 24.6 Å². The monoisotopic (exact) mass is 430 g/mol. The number of hydrogen-bond acceptors (Lipinski definition) is 3. The molecule has 0 spiro atoms. The highest BCUT2D eigenvalue weighted by Gasteiger charge is 2.30. The van der Waals surface area contributed by atoms with Gasteiger partial charge in [0.05, 0.1) is 24.3 Å². The molecule has 0 saturated carbocycles. The van der Waals surface area contributed by atoms with Crippen LogP contribution in [0.3, 0.4) is 0 Å². The fraction of sp³-hybridized carbons (Fsp3) is 0.217. The molecule has 1 amide bonds. The first-order valence-corrected chi connectivity index (χ1v) is 9.59. The largest absolute Gasteiger partial charge is 0.619 e. The number of nitrogens with zero attached hydrogens (tertiary/aromatic N) is 1. The van der Waals surface area contributed by atoms with Crippen molar-refractivity contribution in [2.45, 2.75) is 18.7 Å². The van der Waals surface area contributed by atoms with Crippen LogP contribution in [0.4, 0.5) is 13.2 Å². The molecule has 3 aromatic rings. The number of carbonyl (C=O) groups excluding carboxylic acids is 1. The van der Waals surface area contributed by atoms with E-state index in [1.165, 1.54) is 30.6 Å². The van der Waals surface area contributed by atoms with Crippen molar-refractivity contribution in [1.82, 2.24) is 5.32 Å². The topological polar surface area (TPSA) is 65.3 Å². The Morgan fingerprint density at radius 1 is 1.03 bits per heavy atom. The van der Waals surface area contributed by atoms with Gasteiger partial charge in [-0.2, -0.15) is 17.9 Å². The van der Waals surface area contributed by atoms with E-state index in [1.807, 2.05) is 30.3 Å². The third-order valence-electron chi connectivity index (χ3n) is 4.69. The Hall–Kier alpha value is -3.39. The second-order valence-corrected chi connectivity index (χ2v) is 6.98. The van der Waals surface area contributed by atoms with Gasteiger partial charge in [0.25, 0.3) is 5.91 Å². The van der Waals surface area contributed by atoms with Gasteiger partial charge in [0.1, 0.15) is 0 Å². The van der Waals surface area contributed by atoms with Gasteiger partial charge in [-0.3, -0.25) is 4.79 Å². The van der Waals surface area contributed by atoms with Crippen LogP contribution in [0.25, 0.3) is 0 Å². The van der Waals surface area contributed by atoms with E-state index in [2.05, 4.69) is 5.32 Å². The summed E-state index contributed by atoms with van der Waals surface area (Å²) in [5, 5.41) is 13.9. The van der Waals surface area contributed by atoms with Crippen LogP contribution in [0.2, 0.25) is 0 Å². The number of hydrogen-bond donors (Lipinski definition) is 1. The first kappa shape index (κ1) is 22.3. The van der Waals surface area contributed by atoms with E-state index in [9.17, 15) is 23.2 Å². The Morgan fingerprint density at radius 2 is 1.74 bits per heavy atom. The molecule has 0 radical (unpaired) electrons. The normalized spacial score (nSPS) is 12.4. The van der Waals surface area contributed by atoms with Crippen molar-refractivity contribution in [1.29, 1.82) is 0 Å². The lowest BCUT2D eigenvalue weighted by molar-refractivity contribution is -0.605. The molecule has 31 heavy (non-hydrogen) atoms. The maximum Gasteiger partial charge on any atom is 0.416 e. The highest BCUT2D eigenvalue weighted by atomic mass is 19.4. The minimum Gasteiger partial charge on any atom is -0.619 e. The summed E-state index contributed by atoms with van der Waals surface area (Å²) in [6.07, 6.45) is -1.93. The van der Waals surface area contributed by atoms with Crippen LogP contribution in [-0.4, -0.2) is 19.1 Å². The Bertz CT molecular complexity index is 993. The molecule has 0 saturated heterocycles. The summed E-state index contributed by atoms with van der Waals surface area (Å²) >= 11 is 0. The molecule has 2 aromatic carbocycles. The summed E-state index contributed by atoms with van der Waals surface area (Å²) in [7, 11) is 0. The maximum absolute atomic E-state index is 12.9. The number of alkyl halides is 3. The number of halogens is 3. The van der Waals surface area contributed by atoms with Crippen molar-refractivity contribution in [3.63, 3.8) is 0 Å². The summed E-state index contributed by atoms with van der Waals surface area (Å²) in [6, 6.07) is 17.2. The molecule has 1 N–H and O–H groups in total. The van der Waals surface area contributed by atoms with Crippen molar-refractivity contribution in [3.8, 4) is 0 Å². The molecular formula is C23H21F3N2O3. The Morgan fingerprint density at radius 3 is 2.42 bits per heavy atom. The van der Waals surface area contributed by atoms with Crippen LogP contribution in [-0.2, 0) is 17.5 Å². The number of carbonyl (C=O) groups is 1. The van der Waals surface area contributed by atoms with E-state index in [4.69, 9.17) is 4.74 Å². The highest BCUT2D eigenvalue weighted by Crippen LogP contribution is 2.29. The number of rotatable bonds is 8. The number of aromatic nitrogens is 1. The summed E-state index contributed by atoms with van der Waals surface area (Å²) in [4.78, 5) is 12.3. The molecule has 3 rings (SSSR count). The molecule has 5 nitrogen and oxygen atoms in total. The number of ether oxygens (including phenoxy) is 1. The second kappa shape index (κ2) is 10.1. The van der Waals surface area contributed by atoms with Crippen molar-refractivity contribution in [2.24, 2.45) is 0 Å². The molecule has 1 atom stereocenters. The van der Waals surface area contributed by atoms with Gasteiger partial charge in [-0.05, 0) is 23.3 Å². The third-order valence-corrected chi connectivity index (χ3v) is 4.69. The fourth-order valence-corrected chi connectivity index (χ4v) is 3.04. The Labute approximate surface area is 177 Å². The van der Waals surface area contributed by atoms with E-state index in [-0.39, 0.29) is 31.6 Å². The third kappa shape index (κ3) is 6.55. The zero-order valence-electron chi connectivity index (χ0n) is 16.5. The molecule has 1 unspecified atom stereocenters. The van der Waals surface area contributed by atoms with Gasteiger partial charge in [0.2, 0.25) is 0 Å². The van der Waals surface area contributed by atoms with Gasteiger partial charge in [-0.25, -0.2) is 0 Å². The molecule has 1 heterocycles. The quantitative estimate of drug-likeness (QED) is 0.433. The summed E-state index contributed by atoms with van der Waals surface area (Å²) in [5.74, 6) is -0.538. The second-order valence-electron chi connectivity index (χ2n) is 6.98. The fourth-order valence-electron chi connectivity index (χ4n) is 3.04. The number of nitrogens with one attached hydrogen (secondary N) is 1. The Balaban J connectivity index is 1.62. The molecular weight excluding hydrogens is 409 g/mol. The van der Waals surface area contributed by atoms with Crippen molar-refractivity contribution >= 4 is 5.91 Å². The average Bonchev–Trinajstić information content (AvgIpc) is 2.76. The summed E-state index contributed by atoms with van der Waals surface area (Å²) < 4.78 is 44.9. The summed E-state index contributed by atoms with van der Waals surface area (Å²) in [6.45, 7) is 0.483. The average molecular weight is 430 g/mol. The molecule has 162 valence electrons. The van der Waals surface area contributed by atoms with Crippen LogP contribution in [0.5, 0.6) is 0 Å². The SMILES string of the molecule is O=C(NCC(COCc1cccc(C(F)(F)F)c1)c1ccccc1)c1cc[n+]([O-])cc1. The van der Waals surface area contributed by atoms with E-state index in [0.29, 0.717) is 15.9 Å². The number of pyridine rings is 1. The van der Waals surface area contributed by atoms with E-state index in [1.54, 1.807) is 6.07 Å². The van der Waals surface area contributed by atoms with Crippen LogP contribution >= 0.6 is 0 Å². The van der Waals surface area contributed by atoms with Crippen molar-refractivity contribution in [3.05, 3.63) is 107 Å². The maximum atomic E-state index is 12.9. The van der Waals surface area contributed by atoms with E-state index < -0.39 is 11.7 Å². The van der Waals surface area contributed by atoms with Gasteiger partial charge < -0.3 is 15.3 Å². The van der Waals surface area contributed by atoms with Crippen molar-refractivity contribution < 1.29 is 27.4 Å². The molecule has 0 bridgehead atoms. The first-order valence-electron chi connectivity index (χ1n) is 9.59. The van der Waals surface area contributed by atoms with Gasteiger partial charge in [-0.15, -0.1) is 0 Å². The smallest absolute Gasteiger partial charge is 0.416 e. The van der Waals surface area contributed by atoms with Gasteiger partial charge >= 0.3 is 6.18 Å². The molecule has 0 aliphatic rings. The molecule has 0 fully saturated rings. The van der Waals surface area contributed by atoms with Gasteiger partial charge in [-0.1, -0.05) is 42.5 Å². The van der Waals surface area contributed by atoms with Crippen LogP contribution in [0, 0.1) is 5.21 Å². The lowest BCUT2D eigenvalue weighted by Gasteiger charge is -2.19. The zero-order valence-corrected chi connectivity index (χ0v) is 16.5. The first-order chi connectivity index (χ1) is 14.8. The van der Waals surface area contributed by atoms with Crippen LogP contribution < -0.4 is 10.0 Å². The highest BCUT2D eigenvalue weighted by molar-refractivity contribution is 5.93. The van der Waals surface area contributed by atoms with Crippen LogP contribution in [0.15, 0.2) is 79.1 Å². The molecule has 8 heteroatoms. The number of amides is 1. The predicted molar refractivity (Wildman–Crippen MR) is 108 cm³/mol. The lowest BCUT2D eigenvalue weighted by atomic mass is 10.00. The molecule has 0 aliphatic heterocycles. The number of benzene rings is 2. The minimum absolute atomic E-state index is 0.0172. The molecule has 1 aromatic heterocycles. The standard InChI is InChI=1S/C23H21F3N2O3/c24-23(25,26)21-8-4-5-17(13-21)15-31-16-20(18-6-2-1-3-7-18)14-27-22(29)19-9-11-28(30)12-10-19/h1-13,20H,14-16H2,(H,27,29). The zero-order chi connectivity index (χ0) is 22.3. The van der Waals surface area contributed by atoms with E-state index >= 15 is 0 Å².